The Bertz CT molecular complexity index is 1010. The number of nitrogens with zero attached hydrogens (tertiary/aromatic N) is 2. The van der Waals surface area contributed by atoms with Crippen molar-refractivity contribution in [2.24, 2.45) is 4.99 Å². The van der Waals surface area contributed by atoms with Crippen molar-refractivity contribution in [2.75, 3.05) is 12.4 Å². The molecule has 0 amide bonds. The zero-order valence-electron chi connectivity index (χ0n) is 14.1. The van der Waals surface area contributed by atoms with Crippen molar-refractivity contribution in [1.82, 2.24) is 3.96 Å². The van der Waals surface area contributed by atoms with Crippen LogP contribution >= 0.6 is 23.1 Å². The predicted molar refractivity (Wildman–Crippen MR) is 103 cm³/mol. The van der Waals surface area contributed by atoms with Crippen molar-refractivity contribution >= 4 is 40.5 Å². The minimum atomic E-state index is -0.494. The number of anilines is 1. The van der Waals surface area contributed by atoms with Gasteiger partial charge < -0.3 is 10.1 Å². The molecule has 3 rings (SSSR count). The van der Waals surface area contributed by atoms with Crippen LogP contribution < -0.4 is 15.5 Å². The minimum absolute atomic E-state index is 0.0113. The van der Waals surface area contributed by atoms with E-state index in [0.29, 0.717) is 22.8 Å². The molecule has 26 heavy (non-hydrogen) atoms. The Hall–Kier alpha value is -2.64. The van der Waals surface area contributed by atoms with E-state index in [2.05, 4.69) is 10.3 Å². The fraction of sp³-hybridized carbons (Fsp3) is 0.111. The number of aromatic nitrogens is 1. The van der Waals surface area contributed by atoms with Gasteiger partial charge in [-0.2, -0.15) is 0 Å². The molecule has 134 valence electrons. The van der Waals surface area contributed by atoms with Crippen molar-refractivity contribution in [2.45, 2.75) is 6.92 Å². The maximum absolute atomic E-state index is 13.4. The van der Waals surface area contributed by atoms with Gasteiger partial charge in [0.05, 0.1) is 17.8 Å². The van der Waals surface area contributed by atoms with Gasteiger partial charge in [-0.3, -0.25) is 5.41 Å². The van der Waals surface area contributed by atoms with Crippen molar-refractivity contribution in [3.05, 3.63) is 69.7 Å². The largest absolute Gasteiger partial charge is 0.497 e. The monoisotopic (exact) mass is 390 g/mol. The summed E-state index contributed by atoms with van der Waals surface area (Å²) in [5, 5.41) is 11.3. The standard InChI is InChI=1S/C18H16ClFN4OS/c1-11-9-17(21)24(26-11)18(22-12-3-6-14(25-2)7-4-12)23-13-5-8-16(20)15(19)10-13/h3-10,21H,1-2H3,(H,22,23). The average Bonchev–Trinajstić information content (AvgIpc) is 2.96. The van der Waals surface area contributed by atoms with Crippen LogP contribution in [0.3, 0.4) is 0 Å². The van der Waals surface area contributed by atoms with Gasteiger partial charge in [0, 0.05) is 10.6 Å². The Balaban J connectivity index is 2.03. The Kier molecular flexibility index (Phi) is 5.39. The highest BCUT2D eigenvalue weighted by Gasteiger charge is 2.10. The predicted octanol–water partition coefficient (Wildman–Crippen LogP) is 4.79. The van der Waals surface area contributed by atoms with E-state index in [1.165, 1.54) is 23.7 Å². The maximum atomic E-state index is 13.4. The fourth-order valence-corrected chi connectivity index (χ4v) is 3.19. The molecule has 2 N–H and O–H groups in total. The third-order valence-electron chi connectivity index (χ3n) is 3.47. The lowest BCUT2D eigenvalue weighted by Crippen LogP contribution is -2.28. The summed E-state index contributed by atoms with van der Waals surface area (Å²) < 4.78 is 20.2. The molecule has 8 heteroatoms. The molecular formula is C18H16ClFN4OS. The number of nitrogens with one attached hydrogen (secondary N) is 2. The second kappa shape index (κ2) is 7.72. The van der Waals surface area contributed by atoms with Crippen LogP contribution in [-0.2, 0) is 0 Å². The highest BCUT2D eigenvalue weighted by molar-refractivity contribution is 7.07. The molecule has 1 heterocycles. The summed E-state index contributed by atoms with van der Waals surface area (Å²) in [5.74, 6) is 0.650. The second-order valence-electron chi connectivity index (χ2n) is 5.41. The molecule has 0 saturated carbocycles. The van der Waals surface area contributed by atoms with E-state index >= 15 is 0 Å². The second-order valence-corrected chi connectivity index (χ2v) is 7.01. The molecule has 0 aliphatic rings. The van der Waals surface area contributed by atoms with Gasteiger partial charge >= 0.3 is 0 Å². The molecule has 3 aromatic rings. The molecule has 0 spiro atoms. The van der Waals surface area contributed by atoms with Crippen LogP contribution in [0.25, 0.3) is 0 Å². The zero-order valence-corrected chi connectivity index (χ0v) is 15.7. The molecule has 5 nitrogen and oxygen atoms in total. The molecule has 0 atom stereocenters. The molecular weight excluding hydrogens is 375 g/mol. The van der Waals surface area contributed by atoms with E-state index < -0.39 is 5.82 Å². The highest BCUT2D eigenvalue weighted by atomic mass is 35.5. The highest BCUT2D eigenvalue weighted by Crippen LogP contribution is 2.22. The molecule has 0 aliphatic carbocycles. The average molecular weight is 391 g/mol. The van der Waals surface area contributed by atoms with Crippen LogP contribution in [0.1, 0.15) is 4.88 Å². The smallest absolute Gasteiger partial charge is 0.223 e. The lowest BCUT2D eigenvalue weighted by molar-refractivity contribution is 0.415. The van der Waals surface area contributed by atoms with E-state index in [-0.39, 0.29) is 5.02 Å². The Morgan fingerprint density at radius 1 is 1.23 bits per heavy atom. The number of ether oxygens (including phenoxy) is 1. The minimum Gasteiger partial charge on any atom is -0.497 e. The van der Waals surface area contributed by atoms with E-state index in [1.807, 2.05) is 19.1 Å². The van der Waals surface area contributed by atoms with Gasteiger partial charge in [0.25, 0.3) is 0 Å². The van der Waals surface area contributed by atoms with Gasteiger partial charge in [0.2, 0.25) is 5.96 Å². The quantitative estimate of drug-likeness (QED) is 0.499. The molecule has 0 fully saturated rings. The first-order chi connectivity index (χ1) is 12.5. The number of halogens is 2. The Morgan fingerprint density at radius 3 is 2.54 bits per heavy atom. The fourth-order valence-electron chi connectivity index (χ4n) is 2.23. The molecule has 2 aromatic carbocycles. The number of aryl methyl sites for hydroxylation is 1. The van der Waals surface area contributed by atoms with E-state index in [9.17, 15) is 4.39 Å². The number of hydrogen-bond donors (Lipinski definition) is 2. The SMILES string of the molecule is COc1ccc(N=C(Nc2ccc(F)c(Cl)c2)n2sc(C)cc2=N)cc1. The van der Waals surface area contributed by atoms with Gasteiger partial charge in [0.15, 0.2) is 0 Å². The van der Waals surface area contributed by atoms with E-state index in [1.54, 1.807) is 35.3 Å². The summed E-state index contributed by atoms with van der Waals surface area (Å²) in [7, 11) is 1.60. The van der Waals surface area contributed by atoms with Crippen molar-refractivity contribution in [3.63, 3.8) is 0 Å². The Morgan fingerprint density at radius 2 is 1.96 bits per heavy atom. The van der Waals surface area contributed by atoms with Crippen LogP contribution in [0.5, 0.6) is 5.75 Å². The van der Waals surface area contributed by atoms with Crippen LogP contribution in [0.4, 0.5) is 15.8 Å². The molecule has 0 unspecified atom stereocenters. The first-order valence-corrected chi connectivity index (χ1v) is 8.81. The summed E-state index contributed by atoms with van der Waals surface area (Å²) >= 11 is 7.24. The number of rotatable bonds is 3. The summed E-state index contributed by atoms with van der Waals surface area (Å²) in [6.07, 6.45) is 0. The van der Waals surface area contributed by atoms with E-state index in [4.69, 9.17) is 21.7 Å². The Labute approximate surface area is 159 Å². The molecule has 0 aliphatic heterocycles. The number of methoxy groups -OCH3 is 1. The van der Waals surface area contributed by atoms with Crippen molar-refractivity contribution in [3.8, 4) is 5.75 Å². The lowest BCUT2D eigenvalue weighted by Gasteiger charge is -2.11. The molecule has 0 saturated heterocycles. The van der Waals surface area contributed by atoms with E-state index in [0.717, 1.165) is 10.6 Å². The zero-order chi connectivity index (χ0) is 18.7. The van der Waals surface area contributed by atoms with Gasteiger partial charge in [-0.1, -0.05) is 23.1 Å². The van der Waals surface area contributed by atoms with Gasteiger partial charge in [-0.15, -0.1) is 0 Å². The molecule has 0 radical (unpaired) electrons. The normalized spacial score (nSPS) is 11.5. The first-order valence-electron chi connectivity index (χ1n) is 7.66. The summed E-state index contributed by atoms with van der Waals surface area (Å²) in [6.45, 7) is 1.92. The van der Waals surface area contributed by atoms with Crippen LogP contribution in [0.15, 0.2) is 53.5 Å². The summed E-state index contributed by atoms with van der Waals surface area (Å²) in [6, 6.07) is 13.3. The third-order valence-corrected chi connectivity index (χ3v) is 4.72. The summed E-state index contributed by atoms with van der Waals surface area (Å²) in [4.78, 5) is 5.56. The topological polar surface area (TPSA) is 62.4 Å². The molecule has 1 aromatic heterocycles. The third kappa shape index (κ3) is 4.12. The van der Waals surface area contributed by atoms with Gasteiger partial charge in [0.1, 0.15) is 17.1 Å². The molecule has 0 bridgehead atoms. The van der Waals surface area contributed by atoms with Crippen molar-refractivity contribution in [1.29, 1.82) is 5.41 Å². The van der Waals surface area contributed by atoms with Crippen LogP contribution in [0, 0.1) is 18.2 Å². The lowest BCUT2D eigenvalue weighted by atomic mass is 10.3. The van der Waals surface area contributed by atoms with Gasteiger partial charge in [-0.05, 0) is 55.5 Å². The number of aliphatic imine (C=N–C) groups is 1. The van der Waals surface area contributed by atoms with Gasteiger partial charge in [-0.25, -0.2) is 13.3 Å². The van der Waals surface area contributed by atoms with Crippen LogP contribution in [-0.4, -0.2) is 17.0 Å². The van der Waals surface area contributed by atoms with Crippen LogP contribution in [0.2, 0.25) is 5.02 Å². The van der Waals surface area contributed by atoms with Crippen molar-refractivity contribution < 1.29 is 9.13 Å². The number of hydrogen-bond acceptors (Lipinski definition) is 4. The maximum Gasteiger partial charge on any atom is 0.223 e. The number of benzene rings is 2. The first kappa shape index (κ1) is 18.2. The summed E-state index contributed by atoms with van der Waals surface area (Å²) in [5.41, 5.74) is 1.54.